The Morgan fingerprint density at radius 2 is 2.05 bits per heavy atom. The molecular formula is C17H18N2O3. The van der Waals surface area contributed by atoms with Gasteiger partial charge in [-0.3, -0.25) is 9.59 Å². The first-order valence-electron chi connectivity index (χ1n) is 7.34. The van der Waals surface area contributed by atoms with E-state index >= 15 is 0 Å². The number of benzene rings is 1. The predicted molar refractivity (Wildman–Crippen MR) is 82.8 cm³/mol. The number of rotatable bonds is 4. The van der Waals surface area contributed by atoms with Gasteiger partial charge in [0.15, 0.2) is 5.76 Å². The van der Waals surface area contributed by atoms with Gasteiger partial charge in [-0.1, -0.05) is 6.07 Å². The van der Waals surface area contributed by atoms with Crippen LogP contribution in [0.3, 0.4) is 0 Å². The van der Waals surface area contributed by atoms with Crippen LogP contribution in [0.1, 0.15) is 28.1 Å². The first-order valence-corrected chi connectivity index (χ1v) is 7.34. The second-order valence-electron chi connectivity index (χ2n) is 5.52. The number of aryl methyl sites for hydroxylation is 2. The molecule has 1 aliphatic carbocycles. The van der Waals surface area contributed by atoms with Gasteiger partial charge in [0.05, 0.1) is 12.8 Å². The summed E-state index contributed by atoms with van der Waals surface area (Å²) in [6.45, 7) is -0.0172. The molecule has 114 valence electrons. The van der Waals surface area contributed by atoms with E-state index in [-0.39, 0.29) is 24.1 Å². The maximum atomic E-state index is 12.1. The molecule has 1 aromatic heterocycles. The van der Waals surface area contributed by atoms with Gasteiger partial charge in [0.25, 0.3) is 5.91 Å². The van der Waals surface area contributed by atoms with Crippen molar-refractivity contribution in [3.05, 3.63) is 53.5 Å². The number of amides is 2. The second kappa shape index (κ2) is 6.05. The second-order valence-corrected chi connectivity index (χ2v) is 5.52. The van der Waals surface area contributed by atoms with Crippen molar-refractivity contribution < 1.29 is 14.0 Å². The lowest BCUT2D eigenvalue weighted by atomic mass is 10.1. The molecule has 22 heavy (non-hydrogen) atoms. The van der Waals surface area contributed by atoms with Gasteiger partial charge in [-0.05, 0) is 54.7 Å². The third kappa shape index (κ3) is 3.03. The zero-order valence-electron chi connectivity index (χ0n) is 12.5. The molecule has 0 saturated heterocycles. The maximum Gasteiger partial charge on any atom is 0.289 e. The molecule has 0 atom stereocenters. The number of likely N-dealkylation sites (N-methyl/N-ethyl adjacent to an activating group) is 1. The van der Waals surface area contributed by atoms with Crippen LogP contribution in [0.5, 0.6) is 0 Å². The van der Waals surface area contributed by atoms with Crippen LogP contribution in [0.15, 0.2) is 41.0 Å². The van der Waals surface area contributed by atoms with Crippen molar-refractivity contribution in [3.8, 4) is 0 Å². The lowest BCUT2D eigenvalue weighted by Crippen LogP contribution is -2.34. The molecule has 0 fully saturated rings. The number of nitrogens with zero attached hydrogens (tertiary/aromatic N) is 1. The number of nitrogens with one attached hydrogen (secondary N) is 1. The summed E-state index contributed by atoms with van der Waals surface area (Å²) < 4.78 is 5.04. The van der Waals surface area contributed by atoms with Gasteiger partial charge < -0.3 is 14.6 Å². The van der Waals surface area contributed by atoms with Crippen molar-refractivity contribution in [2.45, 2.75) is 19.3 Å². The number of carbonyl (C=O) groups is 2. The molecule has 0 bridgehead atoms. The van der Waals surface area contributed by atoms with Crippen molar-refractivity contribution in [2.75, 3.05) is 18.9 Å². The standard InChI is InChI=1S/C17H18N2O3/c1-19(17(21)15-6-3-9-22-15)11-16(20)18-14-8-7-12-4-2-5-13(12)10-14/h3,6-10H,2,4-5,11H2,1H3,(H,18,20). The number of fused-ring (bicyclic) bond motifs is 1. The fraction of sp³-hybridized carbons (Fsp3) is 0.294. The SMILES string of the molecule is CN(CC(=O)Nc1ccc2c(c1)CCC2)C(=O)c1ccco1. The van der Waals surface area contributed by atoms with E-state index in [1.54, 1.807) is 19.2 Å². The zero-order valence-corrected chi connectivity index (χ0v) is 12.5. The number of hydrogen-bond donors (Lipinski definition) is 1. The Kier molecular flexibility index (Phi) is 3.96. The van der Waals surface area contributed by atoms with E-state index in [0.717, 1.165) is 18.5 Å². The molecule has 0 saturated carbocycles. The van der Waals surface area contributed by atoms with Gasteiger partial charge >= 0.3 is 0 Å². The Balaban J connectivity index is 1.59. The Bertz CT molecular complexity index is 692. The summed E-state index contributed by atoms with van der Waals surface area (Å²) >= 11 is 0. The van der Waals surface area contributed by atoms with Crippen molar-refractivity contribution in [3.63, 3.8) is 0 Å². The molecular weight excluding hydrogens is 280 g/mol. The minimum absolute atomic E-state index is 0.0172. The van der Waals surface area contributed by atoms with E-state index in [9.17, 15) is 9.59 Å². The number of hydrogen-bond acceptors (Lipinski definition) is 3. The highest BCUT2D eigenvalue weighted by molar-refractivity contribution is 5.97. The van der Waals surface area contributed by atoms with Crippen LogP contribution in [-0.2, 0) is 17.6 Å². The first kappa shape index (κ1) is 14.4. The average Bonchev–Trinajstić information content (AvgIpc) is 3.17. The molecule has 0 spiro atoms. The smallest absolute Gasteiger partial charge is 0.289 e. The van der Waals surface area contributed by atoms with E-state index in [0.29, 0.717) is 0 Å². The molecule has 1 heterocycles. The van der Waals surface area contributed by atoms with E-state index in [4.69, 9.17) is 4.42 Å². The van der Waals surface area contributed by atoms with Crippen LogP contribution in [-0.4, -0.2) is 30.3 Å². The Morgan fingerprint density at radius 1 is 1.23 bits per heavy atom. The minimum atomic E-state index is -0.311. The molecule has 0 unspecified atom stereocenters. The van der Waals surface area contributed by atoms with Gasteiger partial charge in [0, 0.05) is 12.7 Å². The van der Waals surface area contributed by atoms with Gasteiger partial charge in [-0.15, -0.1) is 0 Å². The molecule has 0 radical (unpaired) electrons. The number of carbonyl (C=O) groups excluding carboxylic acids is 2. The average molecular weight is 298 g/mol. The van der Waals surface area contributed by atoms with Gasteiger partial charge in [0.2, 0.25) is 5.91 Å². The Hall–Kier alpha value is -2.56. The monoisotopic (exact) mass is 298 g/mol. The molecule has 1 N–H and O–H groups in total. The van der Waals surface area contributed by atoms with E-state index in [1.807, 2.05) is 12.1 Å². The lowest BCUT2D eigenvalue weighted by molar-refractivity contribution is -0.116. The molecule has 1 aliphatic rings. The van der Waals surface area contributed by atoms with Gasteiger partial charge in [-0.2, -0.15) is 0 Å². The van der Waals surface area contributed by atoms with Gasteiger partial charge in [-0.25, -0.2) is 0 Å². The minimum Gasteiger partial charge on any atom is -0.459 e. The molecule has 1 aromatic carbocycles. The van der Waals surface area contributed by atoms with Crippen LogP contribution in [0.25, 0.3) is 0 Å². The number of furan rings is 1. The molecule has 3 rings (SSSR count). The normalized spacial score (nSPS) is 12.8. The molecule has 2 amide bonds. The largest absolute Gasteiger partial charge is 0.459 e. The van der Waals surface area contributed by atoms with Crippen molar-refractivity contribution in [1.82, 2.24) is 4.90 Å². The van der Waals surface area contributed by atoms with Crippen LogP contribution >= 0.6 is 0 Å². The highest BCUT2D eigenvalue weighted by Crippen LogP contribution is 2.24. The first-order chi connectivity index (χ1) is 10.6. The summed E-state index contributed by atoms with van der Waals surface area (Å²) in [6, 6.07) is 9.23. The summed E-state index contributed by atoms with van der Waals surface area (Å²) in [7, 11) is 1.58. The van der Waals surface area contributed by atoms with Crippen LogP contribution in [0.4, 0.5) is 5.69 Å². The lowest BCUT2D eigenvalue weighted by Gasteiger charge is -2.15. The summed E-state index contributed by atoms with van der Waals surface area (Å²) in [6.07, 6.45) is 4.79. The third-order valence-corrected chi connectivity index (χ3v) is 3.84. The van der Waals surface area contributed by atoms with E-state index in [1.165, 1.54) is 28.7 Å². The highest BCUT2D eigenvalue weighted by atomic mass is 16.3. The summed E-state index contributed by atoms with van der Waals surface area (Å²) in [5.74, 6) is -0.303. The Morgan fingerprint density at radius 3 is 2.82 bits per heavy atom. The summed E-state index contributed by atoms with van der Waals surface area (Å²) in [5, 5.41) is 2.84. The van der Waals surface area contributed by atoms with Crippen molar-refractivity contribution in [2.24, 2.45) is 0 Å². The van der Waals surface area contributed by atoms with Crippen molar-refractivity contribution >= 4 is 17.5 Å². The summed E-state index contributed by atoms with van der Waals surface area (Å²) in [4.78, 5) is 25.4. The fourth-order valence-electron chi connectivity index (χ4n) is 2.73. The van der Waals surface area contributed by atoms with Gasteiger partial charge in [0.1, 0.15) is 0 Å². The molecule has 5 nitrogen and oxygen atoms in total. The molecule has 0 aliphatic heterocycles. The maximum absolute atomic E-state index is 12.1. The number of anilines is 1. The summed E-state index contributed by atoms with van der Waals surface area (Å²) in [5.41, 5.74) is 3.45. The fourth-order valence-corrected chi connectivity index (χ4v) is 2.73. The Labute approximate surface area is 128 Å². The highest BCUT2D eigenvalue weighted by Gasteiger charge is 2.17. The van der Waals surface area contributed by atoms with Crippen LogP contribution in [0.2, 0.25) is 0 Å². The van der Waals surface area contributed by atoms with Crippen molar-refractivity contribution in [1.29, 1.82) is 0 Å². The topological polar surface area (TPSA) is 62.6 Å². The molecule has 2 aromatic rings. The predicted octanol–water partition coefficient (Wildman–Crippen LogP) is 2.48. The third-order valence-electron chi connectivity index (χ3n) is 3.84. The van der Waals surface area contributed by atoms with Crippen LogP contribution < -0.4 is 5.32 Å². The van der Waals surface area contributed by atoms with E-state index in [2.05, 4.69) is 11.4 Å². The zero-order chi connectivity index (χ0) is 15.5. The molecule has 5 heteroatoms. The van der Waals surface area contributed by atoms with Crippen LogP contribution in [0, 0.1) is 0 Å². The van der Waals surface area contributed by atoms with E-state index < -0.39 is 0 Å². The quantitative estimate of drug-likeness (QED) is 0.943.